The summed E-state index contributed by atoms with van der Waals surface area (Å²) in [5.74, 6) is -2.11. The molecule has 0 unspecified atom stereocenters. The van der Waals surface area contributed by atoms with E-state index < -0.39 is 17.5 Å². The number of aromatic nitrogens is 1. The number of carboxylic acid groups (broad SMARTS) is 1. The van der Waals surface area contributed by atoms with Gasteiger partial charge in [0, 0.05) is 11.6 Å². The first kappa shape index (κ1) is 19.5. The Hall–Kier alpha value is -1.81. The molecule has 136 valence electrons. The van der Waals surface area contributed by atoms with Crippen molar-refractivity contribution in [1.82, 2.24) is 4.98 Å². The van der Waals surface area contributed by atoms with Gasteiger partial charge in [-0.1, -0.05) is 69.2 Å². The number of carbonyl (C=O) groups is 1. The molecule has 0 spiro atoms. The fourth-order valence-electron chi connectivity index (χ4n) is 2.95. The van der Waals surface area contributed by atoms with Crippen LogP contribution < -0.4 is 0 Å². The molecular formula is C20H25ClFNO2. The lowest BCUT2D eigenvalue weighted by Gasteiger charge is -2.06. The van der Waals surface area contributed by atoms with Crippen molar-refractivity contribution in [3.63, 3.8) is 0 Å². The minimum atomic E-state index is -1.32. The smallest absolute Gasteiger partial charge is 0.355 e. The van der Waals surface area contributed by atoms with E-state index in [1.54, 1.807) is 0 Å². The molecule has 2 N–H and O–H groups in total. The van der Waals surface area contributed by atoms with Crippen molar-refractivity contribution >= 4 is 17.6 Å². The second-order valence-electron chi connectivity index (χ2n) is 6.40. The number of nitrogens with one attached hydrogen (secondary N) is 1. The highest BCUT2D eigenvalue weighted by atomic mass is 35.5. The van der Waals surface area contributed by atoms with Gasteiger partial charge in [-0.25, -0.2) is 9.18 Å². The van der Waals surface area contributed by atoms with Crippen LogP contribution in [-0.2, 0) is 6.42 Å². The van der Waals surface area contributed by atoms with E-state index in [1.165, 1.54) is 44.6 Å². The largest absolute Gasteiger partial charge is 0.476 e. The molecule has 3 nitrogen and oxygen atoms in total. The normalized spacial score (nSPS) is 11.0. The summed E-state index contributed by atoms with van der Waals surface area (Å²) in [5, 5.41) is 9.42. The Kier molecular flexibility index (Phi) is 7.51. The van der Waals surface area contributed by atoms with Gasteiger partial charge in [-0.05, 0) is 24.5 Å². The Balaban J connectivity index is 1.92. The average molecular weight is 366 g/mol. The number of unbranched alkanes of at least 4 members (excludes halogenated alkanes) is 6. The van der Waals surface area contributed by atoms with E-state index in [9.17, 15) is 9.18 Å². The quantitative estimate of drug-likeness (QED) is 0.474. The maximum Gasteiger partial charge on any atom is 0.355 e. The molecule has 0 radical (unpaired) electrons. The van der Waals surface area contributed by atoms with E-state index in [2.05, 4.69) is 11.9 Å². The number of aromatic carboxylic acids is 1. The molecule has 0 saturated heterocycles. The van der Waals surface area contributed by atoms with Crippen molar-refractivity contribution < 1.29 is 14.3 Å². The van der Waals surface area contributed by atoms with Crippen molar-refractivity contribution in [2.24, 2.45) is 0 Å². The van der Waals surface area contributed by atoms with Gasteiger partial charge in [0.05, 0.1) is 10.7 Å². The van der Waals surface area contributed by atoms with E-state index in [0.29, 0.717) is 16.3 Å². The van der Waals surface area contributed by atoms with Crippen LogP contribution in [-0.4, -0.2) is 16.1 Å². The zero-order valence-corrected chi connectivity index (χ0v) is 15.3. The number of rotatable bonds is 10. The van der Waals surface area contributed by atoms with Crippen LogP contribution in [0.5, 0.6) is 0 Å². The van der Waals surface area contributed by atoms with Crippen LogP contribution in [0.2, 0.25) is 5.02 Å². The van der Waals surface area contributed by atoms with E-state index in [4.69, 9.17) is 16.7 Å². The van der Waals surface area contributed by atoms with Crippen LogP contribution in [0.25, 0.3) is 11.3 Å². The number of carboxylic acids is 1. The Morgan fingerprint density at radius 3 is 2.40 bits per heavy atom. The van der Waals surface area contributed by atoms with Crippen LogP contribution in [0.15, 0.2) is 24.3 Å². The molecule has 5 heteroatoms. The molecule has 25 heavy (non-hydrogen) atoms. The van der Waals surface area contributed by atoms with Crippen molar-refractivity contribution in [2.45, 2.75) is 58.3 Å². The van der Waals surface area contributed by atoms with Gasteiger partial charge in [-0.2, -0.15) is 0 Å². The van der Waals surface area contributed by atoms with Crippen molar-refractivity contribution in [2.75, 3.05) is 0 Å². The van der Waals surface area contributed by atoms with Gasteiger partial charge >= 0.3 is 5.97 Å². The lowest BCUT2D eigenvalue weighted by molar-refractivity contribution is 0.0686. The molecule has 0 aliphatic heterocycles. The van der Waals surface area contributed by atoms with Gasteiger partial charge < -0.3 is 10.1 Å². The second-order valence-corrected chi connectivity index (χ2v) is 6.80. The maximum atomic E-state index is 13.6. The monoisotopic (exact) mass is 365 g/mol. The number of aromatic amines is 1. The molecular weight excluding hydrogens is 341 g/mol. The molecule has 2 rings (SSSR count). The SMILES string of the molecule is CCCCCCCCCc1ccc(-c2cc(F)c(C(=O)O)[nH]2)c(Cl)c1. The average Bonchev–Trinajstić information content (AvgIpc) is 2.96. The van der Waals surface area contributed by atoms with E-state index in [1.807, 2.05) is 18.2 Å². The predicted molar refractivity (Wildman–Crippen MR) is 99.9 cm³/mol. The zero-order valence-electron chi connectivity index (χ0n) is 14.6. The highest BCUT2D eigenvalue weighted by Crippen LogP contribution is 2.30. The molecule has 1 aromatic heterocycles. The summed E-state index contributed by atoms with van der Waals surface area (Å²) in [4.78, 5) is 13.5. The van der Waals surface area contributed by atoms with E-state index in [-0.39, 0.29) is 0 Å². The maximum absolute atomic E-state index is 13.6. The van der Waals surface area contributed by atoms with Gasteiger partial charge in [0.15, 0.2) is 11.5 Å². The molecule has 1 heterocycles. The molecule has 0 amide bonds. The van der Waals surface area contributed by atoms with Crippen molar-refractivity contribution in [3.8, 4) is 11.3 Å². The molecule has 0 aliphatic carbocycles. The summed E-state index contributed by atoms with van der Waals surface area (Å²) in [6, 6.07) is 6.83. The summed E-state index contributed by atoms with van der Waals surface area (Å²) >= 11 is 6.31. The number of aryl methyl sites for hydroxylation is 1. The lowest BCUT2D eigenvalue weighted by atomic mass is 10.0. The summed E-state index contributed by atoms with van der Waals surface area (Å²) in [6.45, 7) is 2.22. The molecule has 0 aliphatic rings. The summed E-state index contributed by atoms with van der Waals surface area (Å²) in [7, 11) is 0. The first-order valence-electron chi connectivity index (χ1n) is 8.93. The number of H-pyrrole nitrogens is 1. The fraction of sp³-hybridized carbons (Fsp3) is 0.450. The molecule has 0 saturated carbocycles. The van der Waals surface area contributed by atoms with Crippen LogP contribution >= 0.6 is 11.6 Å². The highest BCUT2D eigenvalue weighted by Gasteiger charge is 2.16. The number of benzene rings is 1. The zero-order chi connectivity index (χ0) is 18.2. The van der Waals surface area contributed by atoms with Crippen molar-refractivity contribution in [3.05, 3.63) is 46.4 Å². The summed E-state index contributed by atoms with van der Waals surface area (Å²) < 4.78 is 13.6. The van der Waals surface area contributed by atoms with Crippen LogP contribution in [0.4, 0.5) is 4.39 Å². The van der Waals surface area contributed by atoms with Gasteiger partial charge in [0.25, 0.3) is 0 Å². The Bertz CT molecular complexity index is 712. The Labute approximate surface area is 153 Å². The third-order valence-electron chi connectivity index (χ3n) is 4.38. The first-order chi connectivity index (χ1) is 12.0. The lowest BCUT2D eigenvalue weighted by Crippen LogP contribution is -1.99. The minimum absolute atomic E-state index is 0.377. The predicted octanol–water partition coefficient (Wildman–Crippen LogP) is 6.47. The minimum Gasteiger partial charge on any atom is -0.476 e. The number of hydrogen-bond acceptors (Lipinski definition) is 1. The highest BCUT2D eigenvalue weighted by molar-refractivity contribution is 6.33. The molecule has 0 bridgehead atoms. The van der Waals surface area contributed by atoms with Crippen molar-refractivity contribution in [1.29, 1.82) is 0 Å². The number of hydrogen-bond donors (Lipinski definition) is 2. The Morgan fingerprint density at radius 2 is 1.80 bits per heavy atom. The van der Waals surface area contributed by atoms with E-state index in [0.717, 1.165) is 18.4 Å². The third-order valence-corrected chi connectivity index (χ3v) is 4.69. The summed E-state index contributed by atoms with van der Waals surface area (Å²) in [5.41, 5.74) is 1.68. The molecule has 0 atom stereocenters. The standard InChI is InChI=1S/C20H25ClFNO2/c1-2-3-4-5-6-7-8-9-14-10-11-15(16(21)12-14)18-13-17(22)19(23-18)20(24)25/h10-13,23H,2-9H2,1H3,(H,24,25). The van der Waals surface area contributed by atoms with Gasteiger partial charge in [-0.15, -0.1) is 0 Å². The molecule has 1 aromatic carbocycles. The van der Waals surface area contributed by atoms with Gasteiger partial charge in [0.1, 0.15) is 0 Å². The molecule has 2 aromatic rings. The van der Waals surface area contributed by atoms with E-state index >= 15 is 0 Å². The summed E-state index contributed by atoms with van der Waals surface area (Å²) in [6.07, 6.45) is 9.79. The molecule has 0 fully saturated rings. The second kappa shape index (κ2) is 9.62. The fourth-order valence-corrected chi connectivity index (χ4v) is 3.25. The Morgan fingerprint density at radius 1 is 1.12 bits per heavy atom. The van der Waals surface area contributed by atoms with Gasteiger partial charge in [0.2, 0.25) is 0 Å². The van der Waals surface area contributed by atoms with Crippen LogP contribution in [0, 0.1) is 5.82 Å². The topological polar surface area (TPSA) is 53.1 Å². The van der Waals surface area contributed by atoms with Crippen LogP contribution in [0.1, 0.15) is 67.9 Å². The van der Waals surface area contributed by atoms with Crippen LogP contribution in [0.3, 0.4) is 0 Å². The van der Waals surface area contributed by atoms with Gasteiger partial charge in [-0.3, -0.25) is 0 Å². The third kappa shape index (κ3) is 5.60. The first-order valence-corrected chi connectivity index (χ1v) is 9.31. The number of halogens is 2.